The predicted molar refractivity (Wildman–Crippen MR) is 103 cm³/mol. The van der Waals surface area contributed by atoms with Crippen LogP contribution in [0.5, 0.6) is 0 Å². The summed E-state index contributed by atoms with van der Waals surface area (Å²) in [7, 11) is 0. The largest absolute Gasteiger partial charge is 0.478 e. The molecule has 2 saturated carbocycles. The number of hydrogen-bond acceptors (Lipinski definition) is 1. The second-order valence-electron chi connectivity index (χ2n) is 8.04. The van der Waals surface area contributed by atoms with Crippen LogP contribution in [0.2, 0.25) is 5.02 Å². The molecule has 0 heterocycles. The molecule has 0 bridgehead atoms. The summed E-state index contributed by atoms with van der Waals surface area (Å²) in [5.41, 5.74) is 1.10. The van der Waals surface area contributed by atoms with Crippen molar-refractivity contribution in [3.8, 4) is 0 Å². The van der Waals surface area contributed by atoms with Gasteiger partial charge in [-0.05, 0) is 99.2 Å². The lowest BCUT2D eigenvalue weighted by Crippen LogP contribution is -2.25. The topological polar surface area (TPSA) is 37.3 Å². The summed E-state index contributed by atoms with van der Waals surface area (Å²) in [4.78, 5) is 10.5. The van der Waals surface area contributed by atoms with Crippen molar-refractivity contribution in [1.29, 1.82) is 0 Å². The molecule has 3 rings (SSSR count). The third-order valence-corrected chi connectivity index (χ3v) is 6.78. The Kier molecular flexibility index (Phi) is 6.74. The van der Waals surface area contributed by atoms with E-state index in [0.717, 1.165) is 36.7 Å². The lowest BCUT2D eigenvalue weighted by atomic mass is 9.68. The fraction of sp³-hybridized carbons (Fsp3) is 0.591. The van der Waals surface area contributed by atoms with Crippen molar-refractivity contribution >= 4 is 17.6 Å². The van der Waals surface area contributed by atoms with Gasteiger partial charge in [-0.2, -0.15) is 0 Å². The molecule has 1 N–H and O–H groups in total. The molecule has 0 aromatic heterocycles. The summed E-state index contributed by atoms with van der Waals surface area (Å²) in [6.07, 6.45) is 13.7. The van der Waals surface area contributed by atoms with E-state index >= 15 is 0 Å². The van der Waals surface area contributed by atoms with Gasteiger partial charge in [0.1, 0.15) is 5.82 Å². The molecule has 142 valence electrons. The molecule has 0 unspecified atom stereocenters. The van der Waals surface area contributed by atoms with Crippen LogP contribution < -0.4 is 0 Å². The van der Waals surface area contributed by atoms with E-state index in [4.69, 9.17) is 16.7 Å². The van der Waals surface area contributed by atoms with E-state index in [1.807, 2.05) is 12.1 Å². The first-order valence-electron chi connectivity index (χ1n) is 9.87. The van der Waals surface area contributed by atoms with E-state index in [1.54, 1.807) is 12.1 Å². The summed E-state index contributed by atoms with van der Waals surface area (Å²) in [5, 5.41) is 8.88. The smallest absolute Gasteiger partial charge is 0.327 e. The number of carboxylic acids is 1. The van der Waals surface area contributed by atoms with Gasteiger partial charge in [0.2, 0.25) is 0 Å². The zero-order valence-corrected chi connectivity index (χ0v) is 15.9. The van der Waals surface area contributed by atoms with Gasteiger partial charge in [0.05, 0.1) is 5.02 Å². The Morgan fingerprint density at radius 3 is 2.27 bits per heavy atom. The molecule has 0 atom stereocenters. The molecule has 0 radical (unpaired) electrons. The lowest BCUT2D eigenvalue weighted by Gasteiger charge is -2.38. The van der Waals surface area contributed by atoms with Crippen LogP contribution in [0.4, 0.5) is 4.39 Å². The van der Waals surface area contributed by atoms with E-state index in [9.17, 15) is 9.18 Å². The van der Waals surface area contributed by atoms with E-state index in [1.165, 1.54) is 44.6 Å². The van der Waals surface area contributed by atoms with Gasteiger partial charge in [-0.3, -0.25) is 0 Å². The van der Waals surface area contributed by atoms with Crippen molar-refractivity contribution in [2.75, 3.05) is 0 Å². The second-order valence-corrected chi connectivity index (χ2v) is 8.45. The highest BCUT2D eigenvalue weighted by Crippen LogP contribution is 2.44. The van der Waals surface area contributed by atoms with E-state index in [0.29, 0.717) is 11.8 Å². The number of allylic oxidation sites excluding steroid dienone is 1. The van der Waals surface area contributed by atoms with Gasteiger partial charge in [0.15, 0.2) is 0 Å². The number of aliphatic carboxylic acids is 1. The molecule has 2 fully saturated rings. The van der Waals surface area contributed by atoms with Crippen LogP contribution in [-0.4, -0.2) is 11.1 Å². The van der Waals surface area contributed by atoms with Gasteiger partial charge < -0.3 is 5.11 Å². The maximum Gasteiger partial charge on any atom is 0.327 e. The molecule has 1 aromatic rings. The maximum absolute atomic E-state index is 13.7. The Balaban J connectivity index is 1.44. The SMILES string of the molecule is O=C(O)/C=C/CC1CCC(C2CCC(c3ccc(Cl)c(F)c3)CC2)CC1. The zero-order chi connectivity index (χ0) is 18.5. The van der Waals surface area contributed by atoms with Gasteiger partial charge >= 0.3 is 5.97 Å². The van der Waals surface area contributed by atoms with E-state index in [-0.39, 0.29) is 10.8 Å². The number of carbonyl (C=O) groups is 1. The van der Waals surface area contributed by atoms with Crippen LogP contribution in [0.3, 0.4) is 0 Å². The average molecular weight is 379 g/mol. The van der Waals surface area contributed by atoms with Crippen molar-refractivity contribution in [2.45, 2.75) is 63.7 Å². The highest BCUT2D eigenvalue weighted by Gasteiger charge is 2.31. The number of hydrogen-bond donors (Lipinski definition) is 1. The van der Waals surface area contributed by atoms with Gasteiger partial charge in [0, 0.05) is 6.08 Å². The highest BCUT2D eigenvalue weighted by molar-refractivity contribution is 6.30. The third kappa shape index (κ3) is 5.09. The van der Waals surface area contributed by atoms with Crippen molar-refractivity contribution in [1.82, 2.24) is 0 Å². The minimum Gasteiger partial charge on any atom is -0.478 e. The maximum atomic E-state index is 13.7. The van der Waals surface area contributed by atoms with Gasteiger partial charge in [0.25, 0.3) is 0 Å². The van der Waals surface area contributed by atoms with Crippen LogP contribution in [0.1, 0.15) is 69.3 Å². The minimum atomic E-state index is -0.851. The summed E-state index contributed by atoms with van der Waals surface area (Å²) in [6.45, 7) is 0. The Morgan fingerprint density at radius 1 is 1.08 bits per heavy atom. The van der Waals surface area contributed by atoms with Crippen molar-refractivity contribution in [3.05, 3.63) is 46.8 Å². The molecule has 0 spiro atoms. The molecule has 0 amide bonds. The minimum absolute atomic E-state index is 0.206. The number of benzene rings is 1. The van der Waals surface area contributed by atoms with Crippen molar-refractivity contribution in [3.63, 3.8) is 0 Å². The first-order valence-corrected chi connectivity index (χ1v) is 10.2. The van der Waals surface area contributed by atoms with Crippen molar-refractivity contribution in [2.24, 2.45) is 17.8 Å². The molecule has 2 aliphatic carbocycles. The normalized spacial score (nSPS) is 29.8. The van der Waals surface area contributed by atoms with E-state index < -0.39 is 5.97 Å². The summed E-state index contributed by atoms with van der Waals surface area (Å²) >= 11 is 5.79. The molecule has 1 aromatic carbocycles. The van der Waals surface area contributed by atoms with Gasteiger partial charge in [-0.15, -0.1) is 0 Å². The predicted octanol–water partition coefficient (Wildman–Crippen LogP) is 6.59. The summed E-state index contributed by atoms with van der Waals surface area (Å²) in [6, 6.07) is 5.27. The fourth-order valence-electron chi connectivity index (χ4n) is 4.95. The first-order chi connectivity index (χ1) is 12.5. The Labute approximate surface area is 160 Å². The van der Waals surface area contributed by atoms with Gasteiger partial charge in [-0.25, -0.2) is 9.18 Å². The standard InChI is InChI=1S/C22H28ClFO2/c23-20-13-12-19(14-21(20)24)18-10-8-17(9-11-18)16-6-4-15(5-7-16)2-1-3-22(25)26/h1,3,12-18H,2,4-11H2,(H,25,26)/b3-1+. The lowest BCUT2D eigenvalue weighted by molar-refractivity contribution is -0.131. The second kappa shape index (κ2) is 9.03. The molecular formula is C22H28ClFO2. The van der Waals surface area contributed by atoms with Crippen LogP contribution in [0.15, 0.2) is 30.4 Å². The van der Waals surface area contributed by atoms with E-state index in [2.05, 4.69) is 0 Å². The highest BCUT2D eigenvalue weighted by atomic mass is 35.5. The van der Waals surface area contributed by atoms with Crippen LogP contribution in [0, 0.1) is 23.6 Å². The summed E-state index contributed by atoms with van der Waals surface area (Å²) < 4.78 is 13.7. The monoisotopic (exact) mass is 378 g/mol. The molecule has 2 aliphatic rings. The van der Waals surface area contributed by atoms with Crippen LogP contribution >= 0.6 is 11.6 Å². The molecule has 4 heteroatoms. The fourth-order valence-corrected chi connectivity index (χ4v) is 5.06. The Bertz CT molecular complexity index is 642. The number of halogens is 2. The molecule has 2 nitrogen and oxygen atoms in total. The van der Waals surface area contributed by atoms with Gasteiger partial charge in [-0.1, -0.05) is 23.7 Å². The van der Waals surface area contributed by atoms with Crippen molar-refractivity contribution < 1.29 is 14.3 Å². The molecule has 0 aliphatic heterocycles. The van der Waals surface area contributed by atoms with Crippen LogP contribution in [-0.2, 0) is 4.79 Å². The quantitative estimate of drug-likeness (QED) is 0.586. The zero-order valence-electron chi connectivity index (χ0n) is 15.2. The Hall–Kier alpha value is -1.35. The average Bonchev–Trinajstić information content (AvgIpc) is 2.64. The summed E-state index contributed by atoms with van der Waals surface area (Å²) in [5.74, 6) is 1.58. The molecule has 26 heavy (non-hydrogen) atoms. The first kappa shape index (κ1) is 19.4. The number of rotatable bonds is 5. The number of carboxylic acid groups (broad SMARTS) is 1. The third-order valence-electron chi connectivity index (χ3n) is 6.47. The Morgan fingerprint density at radius 2 is 1.69 bits per heavy atom. The molecular weight excluding hydrogens is 351 g/mol. The van der Waals surface area contributed by atoms with Crippen LogP contribution in [0.25, 0.3) is 0 Å². The molecule has 0 saturated heterocycles.